The van der Waals surface area contributed by atoms with E-state index in [1.807, 2.05) is 55.6 Å². The molecule has 0 radical (unpaired) electrons. The molecule has 0 saturated heterocycles. The van der Waals surface area contributed by atoms with Gasteiger partial charge in [0, 0.05) is 22.8 Å². The minimum atomic E-state index is -0.818. The molecule has 0 aliphatic carbocycles. The van der Waals surface area contributed by atoms with Crippen LogP contribution in [-0.4, -0.2) is 19.9 Å². The fraction of sp³-hybridized carbons (Fsp3) is 0.176. The van der Waals surface area contributed by atoms with Crippen molar-refractivity contribution in [2.75, 3.05) is 0 Å². The quantitative estimate of drug-likeness (QED) is 0.663. The first-order valence-electron chi connectivity index (χ1n) is 7.26. The molecule has 3 rings (SSSR count). The first kappa shape index (κ1) is 17.3. The average molecular weight is 380 g/mol. The van der Waals surface area contributed by atoms with Crippen molar-refractivity contribution in [3.63, 3.8) is 0 Å². The van der Waals surface area contributed by atoms with Crippen LogP contribution in [0.1, 0.15) is 23.1 Å². The van der Waals surface area contributed by atoms with Crippen molar-refractivity contribution in [1.82, 2.24) is 14.8 Å². The van der Waals surface area contributed by atoms with E-state index in [0.29, 0.717) is 26.8 Å². The molecule has 0 aliphatic heterocycles. The van der Waals surface area contributed by atoms with Crippen LogP contribution in [0, 0.1) is 0 Å². The van der Waals surface area contributed by atoms with E-state index >= 15 is 0 Å². The van der Waals surface area contributed by atoms with E-state index in [2.05, 4.69) is 10.2 Å². The smallest absolute Gasteiger partial charge is 0.191 e. The van der Waals surface area contributed by atoms with Gasteiger partial charge in [-0.2, -0.15) is 0 Å². The molecule has 1 heterocycles. The van der Waals surface area contributed by atoms with Gasteiger partial charge in [-0.3, -0.25) is 0 Å². The maximum atomic E-state index is 10.5. The van der Waals surface area contributed by atoms with Gasteiger partial charge >= 0.3 is 0 Å². The lowest BCUT2D eigenvalue weighted by Gasteiger charge is -2.11. The van der Waals surface area contributed by atoms with Crippen LogP contribution in [0.15, 0.2) is 53.7 Å². The predicted octanol–water partition coefficient (Wildman–Crippen LogP) is 4.50. The second-order valence-corrected chi connectivity index (χ2v) is 6.96. The van der Waals surface area contributed by atoms with E-state index in [9.17, 15) is 5.11 Å². The molecule has 1 N–H and O–H groups in total. The second kappa shape index (κ2) is 7.57. The molecule has 1 atom stereocenters. The molecule has 0 aliphatic rings. The second-order valence-electron chi connectivity index (χ2n) is 5.20. The highest BCUT2D eigenvalue weighted by atomic mass is 35.5. The molecule has 0 amide bonds. The number of aliphatic hydroxyl groups excluding tert-OH is 1. The van der Waals surface area contributed by atoms with E-state index in [-0.39, 0.29) is 0 Å². The van der Waals surface area contributed by atoms with Crippen LogP contribution in [-0.2, 0) is 12.8 Å². The number of aliphatic hydroxyl groups is 1. The van der Waals surface area contributed by atoms with Crippen LogP contribution in [0.5, 0.6) is 0 Å². The van der Waals surface area contributed by atoms with Crippen LogP contribution >= 0.6 is 35.0 Å². The predicted molar refractivity (Wildman–Crippen MR) is 97.5 cm³/mol. The van der Waals surface area contributed by atoms with Crippen LogP contribution < -0.4 is 0 Å². The van der Waals surface area contributed by atoms with Crippen LogP contribution in [0.3, 0.4) is 0 Å². The summed E-state index contributed by atoms with van der Waals surface area (Å²) in [7, 11) is 1.83. The van der Waals surface area contributed by atoms with Gasteiger partial charge in [-0.15, -0.1) is 10.2 Å². The van der Waals surface area contributed by atoms with Gasteiger partial charge in [-0.1, -0.05) is 71.4 Å². The number of hydrogen-bond donors (Lipinski definition) is 1. The number of benzene rings is 2. The molecule has 0 fully saturated rings. The van der Waals surface area contributed by atoms with Crippen molar-refractivity contribution >= 4 is 35.0 Å². The number of nitrogens with zero attached hydrogens (tertiary/aromatic N) is 3. The fourth-order valence-electron chi connectivity index (χ4n) is 2.28. The van der Waals surface area contributed by atoms with Gasteiger partial charge in [-0.25, -0.2) is 0 Å². The van der Waals surface area contributed by atoms with Gasteiger partial charge in [-0.05, 0) is 23.3 Å². The van der Waals surface area contributed by atoms with Crippen molar-refractivity contribution < 1.29 is 5.11 Å². The van der Waals surface area contributed by atoms with Crippen molar-refractivity contribution in [3.05, 3.63) is 75.5 Å². The number of thioether (sulfide) groups is 1. The van der Waals surface area contributed by atoms with Crippen LogP contribution in [0.25, 0.3) is 0 Å². The van der Waals surface area contributed by atoms with Gasteiger partial charge < -0.3 is 9.67 Å². The molecule has 0 bridgehead atoms. The zero-order chi connectivity index (χ0) is 17.1. The molecule has 1 aromatic heterocycles. The summed E-state index contributed by atoms with van der Waals surface area (Å²) < 4.78 is 1.78. The Kier molecular flexibility index (Phi) is 5.46. The molecule has 0 unspecified atom stereocenters. The zero-order valence-electron chi connectivity index (χ0n) is 12.9. The molecule has 2 aromatic carbocycles. The Balaban J connectivity index is 1.78. The number of rotatable bonds is 5. The van der Waals surface area contributed by atoms with Crippen molar-refractivity contribution in [2.24, 2.45) is 7.05 Å². The highest BCUT2D eigenvalue weighted by molar-refractivity contribution is 7.98. The molecule has 24 heavy (non-hydrogen) atoms. The number of hydrogen-bond acceptors (Lipinski definition) is 4. The average Bonchev–Trinajstić information content (AvgIpc) is 2.95. The Morgan fingerprint density at radius 2 is 1.71 bits per heavy atom. The Labute approximate surface area is 154 Å². The molecular formula is C17H15Cl2N3OS. The molecular weight excluding hydrogens is 365 g/mol. The summed E-state index contributed by atoms with van der Waals surface area (Å²) in [6.45, 7) is 0. The largest absolute Gasteiger partial charge is 0.380 e. The lowest BCUT2D eigenvalue weighted by atomic mass is 10.1. The summed E-state index contributed by atoms with van der Waals surface area (Å²) in [5.74, 6) is 1.07. The van der Waals surface area contributed by atoms with Gasteiger partial charge in [0.05, 0.1) is 0 Å². The summed E-state index contributed by atoms with van der Waals surface area (Å²) in [4.78, 5) is 0. The highest BCUT2D eigenvalue weighted by Crippen LogP contribution is 2.31. The lowest BCUT2D eigenvalue weighted by Crippen LogP contribution is -2.07. The van der Waals surface area contributed by atoms with Crippen molar-refractivity contribution in [2.45, 2.75) is 17.0 Å². The Hall–Kier alpha value is -1.53. The Morgan fingerprint density at radius 3 is 2.38 bits per heavy atom. The van der Waals surface area contributed by atoms with Crippen molar-refractivity contribution in [3.8, 4) is 0 Å². The van der Waals surface area contributed by atoms with Gasteiger partial charge in [0.25, 0.3) is 0 Å². The molecule has 4 nitrogen and oxygen atoms in total. The standard InChI is InChI=1S/C17H15Cl2N3OS/c1-22-16(15(23)11-6-3-2-4-7-11)20-21-17(22)24-10-12-13(18)8-5-9-14(12)19/h2-9,15,23H,10H2,1H3/t15-/m1/s1. The topological polar surface area (TPSA) is 50.9 Å². The maximum Gasteiger partial charge on any atom is 0.191 e. The first-order chi connectivity index (χ1) is 11.6. The normalized spacial score (nSPS) is 12.3. The van der Waals surface area contributed by atoms with E-state index in [0.717, 1.165) is 11.1 Å². The monoisotopic (exact) mass is 379 g/mol. The number of halogens is 2. The zero-order valence-corrected chi connectivity index (χ0v) is 15.2. The fourth-order valence-corrected chi connectivity index (χ4v) is 3.94. The Morgan fingerprint density at radius 1 is 1.04 bits per heavy atom. The molecule has 124 valence electrons. The minimum absolute atomic E-state index is 0.494. The molecule has 7 heteroatoms. The van der Waals surface area contributed by atoms with E-state index in [4.69, 9.17) is 23.2 Å². The van der Waals surface area contributed by atoms with E-state index in [1.165, 1.54) is 11.8 Å². The molecule has 3 aromatic rings. The van der Waals surface area contributed by atoms with Gasteiger partial charge in [0.2, 0.25) is 0 Å². The summed E-state index contributed by atoms with van der Waals surface area (Å²) in [6, 6.07) is 14.8. The Bertz CT molecular complexity index is 819. The third-order valence-electron chi connectivity index (χ3n) is 3.64. The molecule has 0 saturated carbocycles. The third kappa shape index (κ3) is 3.59. The lowest BCUT2D eigenvalue weighted by molar-refractivity contribution is 0.205. The van der Waals surface area contributed by atoms with Crippen molar-refractivity contribution in [1.29, 1.82) is 0 Å². The summed E-state index contributed by atoms with van der Waals surface area (Å²) in [6.07, 6.45) is -0.818. The highest BCUT2D eigenvalue weighted by Gasteiger charge is 2.19. The van der Waals surface area contributed by atoms with Gasteiger partial charge in [0.15, 0.2) is 11.0 Å². The minimum Gasteiger partial charge on any atom is -0.380 e. The number of aromatic nitrogens is 3. The van der Waals surface area contributed by atoms with E-state index < -0.39 is 6.10 Å². The first-order valence-corrected chi connectivity index (χ1v) is 9.00. The summed E-state index contributed by atoms with van der Waals surface area (Å²) in [5, 5.41) is 20.7. The summed E-state index contributed by atoms with van der Waals surface area (Å²) >= 11 is 13.9. The maximum absolute atomic E-state index is 10.5. The van der Waals surface area contributed by atoms with E-state index in [1.54, 1.807) is 4.57 Å². The third-order valence-corrected chi connectivity index (χ3v) is 5.39. The van der Waals surface area contributed by atoms with Crippen LogP contribution in [0.4, 0.5) is 0 Å². The molecule has 0 spiro atoms. The SMILES string of the molecule is Cn1c(SCc2c(Cl)cccc2Cl)nnc1[C@H](O)c1ccccc1. The van der Waals surface area contributed by atoms with Gasteiger partial charge in [0.1, 0.15) is 6.10 Å². The summed E-state index contributed by atoms with van der Waals surface area (Å²) in [5.41, 5.74) is 1.64. The van der Waals surface area contributed by atoms with Crippen LogP contribution in [0.2, 0.25) is 10.0 Å².